The molecule has 116 valence electrons. The Morgan fingerprint density at radius 3 is 2.62 bits per heavy atom. The van der Waals surface area contributed by atoms with Crippen LogP contribution < -0.4 is 0 Å². The molecule has 2 aliphatic heterocycles. The third kappa shape index (κ3) is 3.99. The van der Waals surface area contributed by atoms with Gasteiger partial charge in [0.15, 0.2) is 0 Å². The van der Waals surface area contributed by atoms with Crippen molar-refractivity contribution in [3.8, 4) is 0 Å². The van der Waals surface area contributed by atoms with Gasteiger partial charge in [0.05, 0.1) is 10.7 Å². The Morgan fingerprint density at radius 1 is 1.29 bits per heavy atom. The fourth-order valence-corrected chi connectivity index (χ4v) is 4.60. The molecule has 0 saturated carbocycles. The van der Waals surface area contributed by atoms with Crippen molar-refractivity contribution in [1.82, 2.24) is 14.8 Å². The molecule has 3 heterocycles. The first kappa shape index (κ1) is 15.3. The van der Waals surface area contributed by atoms with Gasteiger partial charge in [0.2, 0.25) is 5.91 Å². The maximum Gasteiger partial charge on any atom is 0.225 e. The summed E-state index contributed by atoms with van der Waals surface area (Å²) in [4.78, 5) is 21.6. The van der Waals surface area contributed by atoms with E-state index in [1.165, 1.54) is 5.69 Å². The molecular weight excluding hydrogens is 302 g/mol. The highest BCUT2D eigenvalue weighted by Crippen LogP contribution is 2.23. The minimum Gasteiger partial charge on any atom is -0.341 e. The van der Waals surface area contributed by atoms with Crippen molar-refractivity contribution in [1.29, 1.82) is 0 Å². The number of likely N-dealkylation sites (tertiary alicyclic amines) is 1. The Morgan fingerprint density at radius 2 is 2.00 bits per heavy atom. The fourth-order valence-electron chi connectivity index (χ4n) is 3.09. The Bertz CT molecular complexity index is 477. The molecule has 1 aromatic rings. The van der Waals surface area contributed by atoms with E-state index in [2.05, 4.69) is 27.1 Å². The fraction of sp³-hybridized carbons (Fsp3) is 0.733. The second-order valence-corrected chi connectivity index (χ2v) is 8.13. The van der Waals surface area contributed by atoms with Gasteiger partial charge in [-0.2, -0.15) is 11.8 Å². The molecule has 6 heteroatoms. The van der Waals surface area contributed by atoms with Crippen LogP contribution in [0.1, 0.15) is 23.5 Å². The number of amides is 1. The minimum atomic E-state index is 0.251. The lowest BCUT2D eigenvalue weighted by molar-refractivity contribution is -0.136. The summed E-state index contributed by atoms with van der Waals surface area (Å²) in [5.74, 6) is 2.86. The number of carbonyl (C=O) groups excluding carboxylic acids is 1. The van der Waals surface area contributed by atoms with E-state index in [1.54, 1.807) is 11.3 Å². The topological polar surface area (TPSA) is 36.4 Å². The zero-order valence-corrected chi connectivity index (χ0v) is 14.2. The van der Waals surface area contributed by atoms with Gasteiger partial charge in [0.25, 0.3) is 0 Å². The van der Waals surface area contributed by atoms with E-state index >= 15 is 0 Å². The van der Waals surface area contributed by atoms with E-state index in [9.17, 15) is 4.79 Å². The molecule has 0 spiro atoms. The highest BCUT2D eigenvalue weighted by Gasteiger charge is 2.29. The number of rotatable bonds is 3. The second-order valence-electron chi connectivity index (χ2n) is 5.85. The summed E-state index contributed by atoms with van der Waals surface area (Å²) in [7, 11) is 0. The molecule has 0 unspecified atom stereocenters. The van der Waals surface area contributed by atoms with Crippen LogP contribution in [0.5, 0.6) is 0 Å². The molecule has 0 atom stereocenters. The molecule has 2 saturated heterocycles. The van der Waals surface area contributed by atoms with Gasteiger partial charge < -0.3 is 4.90 Å². The molecule has 4 nitrogen and oxygen atoms in total. The summed E-state index contributed by atoms with van der Waals surface area (Å²) in [5.41, 5.74) is 1.18. The molecule has 0 radical (unpaired) electrons. The molecule has 2 fully saturated rings. The van der Waals surface area contributed by atoms with Crippen LogP contribution in [0.25, 0.3) is 0 Å². The lowest BCUT2D eigenvalue weighted by atomic mass is 9.95. The largest absolute Gasteiger partial charge is 0.341 e. The first-order chi connectivity index (χ1) is 10.2. The van der Waals surface area contributed by atoms with Crippen LogP contribution in [0.15, 0.2) is 5.38 Å². The number of aryl methyl sites for hydroxylation is 1. The monoisotopic (exact) mass is 325 g/mol. The van der Waals surface area contributed by atoms with Gasteiger partial charge in [-0.1, -0.05) is 0 Å². The maximum atomic E-state index is 12.5. The normalized spacial score (nSPS) is 21.7. The molecular formula is C15H23N3OS2. The van der Waals surface area contributed by atoms with Crippen molar-refractivity contribution in [2.75, 3.05) is 37.7 Å². The predicted octanol–water partition coefficient (Wildman–Crippen LogP) is 2.24. The van der Waals surface area contributed by atoms with E-state index in [0.29, 0.717) is 5.91 Å². The number of carbonyl (C=O) groups is 1. The zero-order chi connectivity index (χ0) is 14.7. The maximum absolute atomic E-state index is 12.5. The Labute approximate surface area is 134 Å². The number of thioether (sulfide) groups is 1. The molecule has 0 aromatic carbocycles. The zero-order valence-electron chi connectivity index (χ0n) is 12.6. The molecule has 21 heavy (non-hydrogen) atoms. The summed E-state index contributed by atoms with van der Waals surface area (Å²) in [6.45, 7) is 6.93. The quantitative estimate of drug-likeness (QED) is 0.854. The first-order valence-electron chi connectivity index (χ1n) is 7.72. The average Bonchev–Trinajstić information content (AvgIpc) is 2.93. The molecule has 2 aliphatic rings. The summed E-state index contributed by atoms with van der Waals surface area (Å²) in [6.07, 6.45) is 2.01. The van der Waals surface area contributed by atoms with Gasteiger partial charge in [-0.3, -0.25) is 9.69 Å². The van der Waals surface area contributed by atoms with Gasteiger partial charge in [0, 0.05) is 42.4 Å². The number of nitrogens with zero attached hydrogens (tertiary/aromatic N) is 3. The van der Waals surface area contributed by atoms with Gasteiger partial charge in [-0.25, -0.2) is 4.98 Å². The summed E-state index contributed by atoms with van der Waals surface area (Å²) >= 11 is 3.67. The number of thiazole rings is 1. The third-order valence-corrected chi connectivity index (χ3v) is 6.08. The molecule has 1 aromatic heterocycles. The molecule has 1 amide bonds. The summed E-state index contributed by atoms with van der Waals surface area (Å²) in [5, 5.41) is 3.29. The second kappa shape index (κ2) is 7.11. The Balaban J connectivity index is 1.47. The minimum absolute atomic E-state index is 0.251. The Hall–Kier alpha value is -0.590. The van der Waals surface area contributed by atoms with Crippen LogP contribution in [0.2, 0.25) is 0 Å². The van der Waals surface area contributed by atoms with Crippen LogP contribution in [0, 0.1) is 12.8 Å². The molecule has 0 bridgehead atoms. The summed E-state index contributed by atoms with van der Waals surface area (Å²) in [6, 6.07) is 0. The van der Waals surface area contributed by atoms with Crippen molar-refractivity contribution in [3.63, 3.8) is 0 Å². The average molecular weight is 326 g/mol. The van der Waals surface area contributed by atoms with Gasteiger partial charge in [-0.15, -0.1) is 11.3 Å². The van der Waals surface area contributed by atoms with E-state index < -0.39 is 0 Å². The van der Waals surface area contributed by atoms with Crippen molar-refractivity contribution in [2.45, 2.75) is 26.3 Å². The van der Waals surface area contributed by atoms with Crippen molar-refractivity contribution < 1.29 is 4.79 Å². The van der Waals surface area contributed by atoms with Crippen molar-refractivity contribution >= 4 is 29.0 Å². The SMILES string of the molecule is Cc1nc(CN2CCC(C(=O)N3CCSCC3)CC2)cs1. The van der Waals surface area contributed by atoms with E-state index in [4.69, 9.17) is 0 Å². The van der Waals surface area contributed by atoms with Crippen molar-refractivity contribution in [2.24, 2.45) is 5.92 Å². The molecule has 3 rings (SSSR count). The highest BCUT2D eigenvalue weighted by molar-refractivity contribution is 7.99. The van der Waals surface area contributed by atoms with Gasteiger partial charge in [0.1, 0.15) is 0 Å². The van der Waals surface area contributed by atoms with Crippen LogP contribution in [-0.4, -0.2) is 58.4 Å². The number of hydrogen-bond donors (Lipinski definition) is 0. The first-order valence-corrected chi connectivity index (χ1v) is 9.76. The highest BCUT2D eigenvalue weighted by atomic mass is 32.2. The van der Waals surface area contributed by atoms with Crippen LogP contribution >= 0.6 is 23.1 Å². The Kier molecular flexibility index (Phi) is 5.19. The van der Waals surface area contributed by atoms with Crippen LogP contribution in [-0.2, 0) is 11.3 Å². The molecule has 0 N–H and O–H groups in total. The van der Waals surface area contributed by atoms with E-state index in [1.807, 2.05) is 11.8 Å². The van der Waals surface area contributed by atoms with Crippen molar-refractivity contribution in [3.05, 3.63) is 16.1 Å². The van der Waals surface area contributed by atoms with E-state index in [0.717, 1.165) is 62.1 Å². The van der Waals surface area contributed by atoms with Crippen LogP contribution in [0.3, 0.4) is 0 Å². The van der Waals surface area contributed by atoms with E-state index in [-0.39, 0.29) is 5.92 Å². The van der Waals surface area contributed by atoms with Gasteiger partial charge >= 0.3 is 0 Å². The standard InChI is InChI=1S/C15H23N3OS2/c1-12-16-14(11-21-12)10-17-4-2-13(3-5-17)15(19)18-6-8-20-9-7-18/h11,13H,2-10H2,1H3. The molecule has 0 aliphatic carbocycles. The predicted molar refractivity (Wildman–Crippen MR) is 88.8 cm³/mol. The smallest absolute Gasteiger partial charge is 0.225 e. The summed E-state index contributed by atoms with van der Waals surface area (Å²) < 4.78 is 0. The van der Waals surface area contributed by atoms with Crippen LogP contribution in [0.4, 0.5) is 0 Å². The number of aromatic nitrogens is 1. The lowest BCUT2D eigenvalue weighted by Gasteiger charge is -2.35. The van der Waals surface area contributed by atoms with Gasteiger partial charge in [-0.05, 0) is 32.9 Å². The third-order valence-electron chi connectivity index (χ3n) is 4.31. The lowest BCUT2D eigenvalue weighted by Crippen LogP contribution is -2.45. The number of hydrogen-bond acceptors (Lipinski definition) is 5. The number of piperidine rings is 1.